The summed E-state index contributed by atoms with van der Waals surface area (Å²) in [7, 11) is 2.04. The number of benzene rings is 1. The number of hydrogen-bond acceptors (Lipinski definition) is 3. The lowest BCUT2D eigenvalue weighted by molar-refractivity contribution is -0.122. The maximum absolute atomic E-state index is 12.0. The summed E-state index contributed by atoms with van der Waals surface area (Å²) in [5, 5.41) is 2.97. The maximum Gasteiger partial charge on any atom is 0.234 e. The standard InChI is InChI=1S/C18H28N2O2/c1-14(2)22-12-6-11-19-18(21)13-20(3)17-10-9-15-7-4-5-8-16(15)17/h4-5,7-8,14,17H,6,9-13H2,1-3H3,(H,19,21)/t17-/m1/s1. The van der Waals surface area contributed by atoms with Gasteiger partial charge in [0, 0.05) is 19.2 Å². The van der Waals surface area contributed by atoms with Crippen molar-refractivity contribution in [3.63, 3.8) is 0 Å². The van der Waals surface area contributed by atoms with Gasteiger partial charge in [0.1, 0.15) is 0 Å². The number of aryl methyl sites for hydroxylation is 1. The summed E-state index contributed by atoms with van der Waals surface area (Å²) in [4.78, 5) is 14.2. The first-order valence-corrected chi connectivity index (χ1v) is 8.24. The highest BCUT2D eigenvalue weighted by molar-refractivity contribution is 5.78. The van der Waals surface area contributed by atoms with E-state index in [1.54, 1.807) is 0 Å². The van der Waals surface area contributed by atoms with Crippen LogP contribution in [0.1, 0.15) is 43.9 Å². The molecule has 1 amide bonds. The molecular formula is C18H28N2O2. The van der Waals surface area contributed by atoms with E-state index in [4.69, 9.17) is 4.74 Å². The van der Waals surface area contributed by atoms with Gasteiger partial charge >= 0.3 is 0 Å². The molecule has 0 aliphatic heterocycles. The first-order valence-electron chi connectivity index (χ1n) is 8.24. The number of nitrogens with zero attached hydrogens (tertiary/aromatic N) is 1. The second-order valence-electron chi connectivity index (χ2n) is 6.29. The third-order valence-electron chi connectivity index (χ3n) is 4.12. The zero-order chi connectivity index (χ0) is 15.9. The van der Waals surface area contributed by atoms with Crippen LogP contribution in [0.4, 0.5) is 0 Å². The van der Waals surface area contributed by atoms with Gasteiger partial charge in [0.2, 0.25) is 5.91 Å². The van der Waals surface area contributed by atoms with E-state index in [9.17, 15) is 4.79 Å². The zero-order valence-electron chi connectivity index (χ0n) is 14.0. The van der Waals surface area contributed by atoms with Crippen molar-refractivity contribution in [3.8, 4) is 0 Å². The molecule has 0 saturated carbocycles. The van der Waals surface area contributed by atoms with Crippen LogP contribution in [-0.4, -0.2) is 43.7 Å². The topological polar surface area (TPSA) is 41.6 Å². The second kappa shape index (κ2) is 8.30. The lowest BCUT2D eigenvalue weighted by Gasteiger charge is -2.24. The lowest BCUT2D eigenvalue weighted by atomic mass is 10.1. The van der Waals surface area contributed by atoms with Gasteiger partial charge in [-0.05, 0) is 51.3 Å². The molecule has 2 rings (SSSR count). The Hall–Kier alpha value is -1.39. The average molecular weight is 304 g/mol. The van der Waals surface area contributed by atoms with Crippen LogP contribution >= 0.6 is 0 Å². The Kier molecular flexibility index (Phi) is 6.40. The van der Waals surface area contributed by atoms with Crippen molar-refractivity contribution in [2.45, 2.75) is 45.3 Å². The molecule has 1 aromatic carbocycles. The lowest BCUT2D eigenvalue weighted by Crippen LogP contribution is -2.37. The SMILES string of the molecule is CC(C)OCCCNC(=O)CN(C)[C@@H]1CCc2ccccc21. The van der Waals surface area contributed by atoms with Crippen molar-refractivity contribution in [2.75, 3.05) is 26.7 Å². The molecule has 22 heavy (non-hydrogen) atoms. The molecule has 0 bridgehead atoms. The molecule has 0 fully saturated rings. The summed E-state index contributed by atoms with van der Waals surface area (Å²) in [5.74, 6) is 0.0939. The summed E-state index contributed by atoms with van der Waals surface area (Å²) in [6.07, 6.45) is 3.33. The Morgan fingerprint density at radius 3 is 2.95 bits per heavy atom. The minimum atomic E-state index is 0.0939. The van der Waals surface area contributed by atoms with Gasteiger partial charge in [-0.1, -0.05) is 24.3 Å². The smallest absolute Gasteiger partial charge is 0.234 e. The van der Waals surface area contributed by atoms with Crippen molar-refractivity contribution in [1.29, 1.82) is 0 Å². The van der Waals surface area contributed by atoms with E-state index in [0.717, 1.165) is 19.3 Å². The van der Waals surface area contributed by atoms with Crippen LogP contribution in [0.3, 0.4) is 0 Å². The van der Waals surface area contributed by atoms with Crippen LogP contribution in [0.5, 0.6) is 0 Å². The third-order valence-corrected chi connectivity index (χ3v) is 4.12. The molecule has 122 valence electrons. The molecule has 0 heterocycles. The second-order valence-corrected chi connectivity index (χ2v) is 6.29. The molecule has 1 N–H and O–H groups in total. The van der Waals surface area contributed by atoms with Gasteiger partial charge in [-0.15, -0.1) is 0 Å². The summed E-state index contributed by atoms with van der Waals surface area (Å²) in [6, 6.07) is 8.92. The highest BCUT2D eigenvalue weighted by atomic mass is 16.5. The fourth-order valence-electron chi connectivity index (χ4n) is 3.00. The van der Waals surface area contributed by atoms with Gasteiger partial charge in [0.25, 0.3) is 0 Å². The number of carbonyl (C=O) groups is 1. The van der Waals surface area contributed by atoms with Crippen LogP contribution in [0.25, 0.3) is 0 Å². The Bertz CT molecular complexity index is 488. The summed E-state index contributed by atoms with van der Waals surface area (Å²) in [6.45, 7) is 5.87. The fourth-order valence-corrected chi connectivity index (χ4v) is 3.00. The number of ether oxygens (including phenoxy) is 1. The van der Waals surface area contributed by atoms with Crippen molar-refractivity contribution >= 4 is 5.91 Å². The maximum atomic E-state index is 12.0. The average Bonchev–Trinajstić information content (AvgIpc) is 2.90. The van der Waals surface area contributed by atoms with Gasteiger partial charge < -0.3 is 10.1 Å². The quantitative estimate of drug-likeness (QED) is 0.750. The number of likely N-dealkylation sites (N-methyl/N-ethyl adjacent to an activating group) is 1. The highest BCUT2D eigenvalue weighted by Crippen LogP contribution is 2.34. The van der Waals surface area contributed by atoms with Gasteiger partial charge in [-0.25, -0.2) is 0 Å². The number of carbonyl (C=O) groups excluding carboxylic acids is 1. The largest absolute Gasteiger partial charge is 0.379 e. The van der Waals surface area contributed by atoms with E-state index in [1.807, 2.05) is 20.9 Å². The first-order chi connectivity index (χ1) is 10.6. The van der Waals surface area contributed by atoms with Crippen molar-refractivity contribution in [2.24, 2.45) is 0 Å². The molecular weight excluding hydrogens is 276 g/mol. The van der Waals surface area contributed by atoms with Crippen molar-refractivity contribution in [3.05, 3.63) is 35.4 Å². The molecule has 1 aliphatic carbocycles. The minimum absolute atomic E-state index is 0.0939. The van der Waals surface area contributed by atoms with Gasteiger partial charge in [0.15, 0.2) is 0 Å². The minimum Gasteiger partial charge on any atom is -0.379 e. The van der Waals surface area contributed by atoms with E-state index >= 15 is 0 Å². The summed E-state index contributed by atoms with van der Waals surface area (Å²) < 4.78 is 5.46. The molecule has 0 saturated heterocycles. The summed E-state index contributed by atoms with van der Waals surface area (Å²) in [5.41, 5.74) is 2.80. The van der Waals surface area contributed by atoms with E-state index < -0.39 is 0 Å². The molecule has 0 spiro atoms. The van der Waals surface area contributed by atoms with Gasteiger partial charge in [0.05, 0.1) is 12.6 Å². The van der Waals surface area contributed by atoms with Gasteiger partial charge in [-0.3, -0.25) is 9.69 Å². The molecule has 0 aromatic heterocycles. The van der Waals surface area contributed by atoms with Crippen molar-refractivity contribution in [1.82, 2.24) is 10.2 Å². The molecule has 0 radical (unpaired) electrons. The highest BCUT2D eigenvalue weighted by Gasteiger charge is 2.26. The third kappa shape index (κ3) is 4.82. The Morgan fingerprint density at radius 2 is 2.18 bits per heavy atom. The van der Waals surface area contributed by atoms with E-state index in [2.05, 4.69) is 34.5 Å². The normalized spacial score (nSPS) is 17.0. The Labute approximate surface area is 133 Å². The summed E-state index contributed by atoms with van der Waals surface area (Å²) >= 11 is 0. The number of hydrogen-bond donors (Lipinski definition) is 1. The number of nitrogens with one attached hydrogen (secondary N) is 1. The Morgan fingerprint density at radius 1 is 1.41 bits per heavy atom. The molecule has 1 aromatic rings. The molecule has 4 heteroatoms. The number of rotatable bonds is 8. The van der Waals surface area contributed by atoms with E-state index in [-0.39, 0.29) is 12.0 Å². The van der Waals surface area contributed by atoms with Crippen LogP contribution in [0.2, 0.25) is 0 Å². The zero-order valence-corrected chi connectivity index (χ0v) is 14.0. The number of amides is 1. The fraction of sp³-hybridized carbons (Fsp3) is 0.611. The van der Waals surface area contributed by atoms with E-state index in [0.29, 0.717) is 25.7 Å². The van der Waals surface area contributed by atoms with Crippen LogP contribution in [-0.2, 0) is 16.0 Å². The molecule has 0 unspecified atom stereocenters. The van der Waals surface area contributed by atoms with Gasteiger partial charge in [-0.2, -0.15) is 0 Å². The molecule has 1 atom stereocenters. The number of fused-ring (bicyclic) bond motifs is 1. The van der Waals surface area contributed by atoms with Crippen LogP contribution in [0.15, 0.2) is 24.3 Å². The van der Waals surface area contributed by atoms with Crippen LogP contribution in [0, 0.1) is 0 Å². The van der Waals surface area contributed by atoms with E-state index in [1.165, 1.54) is 11.1 Å². The first kappa shape index (κ1) is 17.0. The molecule has 1 aliphatic rings. The monoisotopic (exact) mass is 304 g/mol. The predicted octanol–water partition coefficient (Wildman–Crippen LogP) is 2.54. The Balaban J connectivity index is 1.71. The van der Waals surface area contributed by atoms with Crippen LogP contribution < -0.4 is 5.32 Å². The predicted molar refractivity (Wildman–Crippen MR) is 88.8 cm³/mol. The molecule has 4 nitrogen and oxygen atoms in total. The van der Waals surface area contributed by atoms with Crippen molar-refractivity contribution < 1.29 is 9.53 Å².